The van der Waals surface area contributed by atoms with Crippen molar-refractivity contribution in [2.24, 2.45) is 0 Å². The summed E-state index contributed by atoms with van der Waals surface area (Å²) in [5.74, 6) is -1.71. The van der Waals surface area contributed by atoms with E-state index in [1.54, 1.807) is 25.1 Å². The highest BCUT2D eigenvalue weighted by Gasteiger charge is 2.26. The fourth-order valence-corrected chi connectivity index (χ4v) is 2.97. The van der Waals surface area contributed by atoms with E-state index in [4.69, 9.17) is 0 Å². The lowest BCUT2D eigenvalue weighted by Gasteiger charge is -2.16. The summed E-state index contributed by atoms with van der Waals surface area (Å²) in [6, 6.07) is 14.7. The van der Waals surface area contributed by atoms with E-state index in [1.165, 1.54) is 7.05 Å². The molecule has 6 heteroatoms. The third-order valence-corrected chi connectivity index (χ3v) is 4.38. The fraction of sp³-hybridized carbons (Fsp3) is 0.190. The topological polar surface area (TPSA) is 82.3 Å². The highest BCUT2D eigenvalue weighted by molar-refractivity contribution is 6.45. The molecule has 0 saturated heterocycles. The van der Waals surface area contributed by atoms with Crippen molar-refractivity contribution in [1.29, 1.82) is 0 Å². The molecule has 0 saturated carbocycles. The number of aromatic amines is 1. The van der Waals surface area contributed by atoms with Crippen LogP contribution < -0.4 is 5.32 Å². The Bertz CT molecular complexity index is 1020. The van der Waals surface area contributed by atoms with Gasteiger partial charge in [-0.05, 0) is 32.0 Å². The molecule has 138 valence electrons. The van der Waals surface area contributed by atoms with E-state index in [1.807, 2.05) is 37.3 Å². The minimum absolute atomic E-state index is 0.208. The number of hydrogen-bond acceptors (Lipinski definition) is 3. The molecule has 1 aromatic heterocycles. The van der Waals surface area contributed by atoms with Gasteiger partial charge in [0, 0.05) is 29.3 Å². The van der Waals surface area contributed by atoms with Gasteiger partial charge in [0.25, 0.3) is 11.7 Å². The van der Waals surface area contributed by atoms with Gasteiger partial charge in [-0.25, -0.2) is 0 Å². The number of nitrogens with zero attached hydrogens (tertiary/aromatic N) is 1. The second-order valence-corrected chi connectivity index (χ2v) is 6.58. The Labute approximate surface area is 157 Å². The molecule has 27 heavy (non-hydrogen) atoms. The Morgan fingerprint density at radius 2 is 1.67 bits per heavy atom. The monoisotopic (exact) mass is 363 g/mol. The van der Waals surface area contributed by atoms with Gasteiger partial charge in [-0.3, -0.25) is 14.4 Å². The van der Waals surface area contributed by atoms with Gasteiger partial charge in [-0.1, -0.05) is 35.9 Å². The largest absolute Gasteiger partial charge is 0.358 e. The predicted molar refractivity (Wildman–Crippen MR) is 105 cm³/mol. The second kappa shape index (κ2) is 7.45. The Hall–Kier alpha value is -3.41. The van der Waals surface area contributed by atoms with Crippen molar-refractivity contribution in [2.45, 2.75) is 13.8 Å². The number of anilines is 1. The van der Waals surface area contributed by atoms with Crippen molar-refractivity contribution in [2.75, 3.05) is 18.9 Å². The number of likely N-dealkylation sites (N-methyl/N-ethyl adjacent to an activating group) is 1. The van der Waals surface area contributed by atoms with Crippen molar-refractivity contribution in [3.8, 4) is 0 Å². The number of benzene rings is 2. The Kier molecular flexibility index (Phi) is 5.07. The van der Waals surface area contributed by atoms with Crippen molar-refractivity contribution in [3.63, 3.8) is 0 Å². The smallest absolute Gasteiger partial charge is 0.295 e. The molecule has 3 aromatic rings. The molecule has 0 aliphatic rings. The molecule has 0 atom stereocenters. The summed E-state index contributed by atoms with van der Waals surface area (Å²) in [7, 11) is 1.44. The minimum atomic E-state index is -0.720. The van der Waals surface area contributed by atoms with E-state index in [9.17, 15) is 14.4 Å². The van der Waals surface area contributed by atoms with Gasteiger partial charge in [0.05, 0.1) is 12.1 Å². The molecule has 0 spiro atoms. The van der Waals surface area contributed by atoms with E-state index in [-0.39, 0.29) is 12.5 Å². The number of aryl methyl sites for hydroxylation is 2. The van der Waals surface area contributed by atoms with Crippen molar-refractivity contribution >= 4 is 34.2 Å². The summed E-state index contributed by atoms with van der Waals surface area (Å²) in [6.07, 6.45) is 0. The average molecular weight is 363 g/mol. The van der Waals surface area contributed by atoms with Crippen LogP contribution >= 0.6 is 0 Å². The van der Waals surface area contributed by atoms with Gasteiger partial charge >= 0.3 is 0 Å². The summed E-state index contributed by atoms with van der Waals surface area (Å²) >= 11 is 0. The quantitative estimate of drug-likeness (QED) is 0.540. The fourth-order valence-electron chi connectivity index (χ4n) is 2.97. The Morgan fingerprint density at radius 3 is 2.37 bits per heavy atom. The number of H-pyrrole nitrogens is 1. The molecule has 0 aliphatic carbocycles. The molecular weight excluding hydrogens is 342 g/mol. The SMILES string of the molecule is Cc1ccc(NC(=O)CN(C)C(=O)C(=O)c2c(C)[nH]c3ccccc23)cc1. The number of ketones is 1. The van der Waals surface area contributed by atoms with Crippen LogP contribution in [0.25, 0.3) is 10.9 Å². The van der Waals surface area contributed by atoms with Crippen LogP contribution in [0.5, 0.6) is 0 Å². The normalized spacial score (nSPS) is 10.6. The number of Topliss-reactive ketones (excluding diaryl/α,β-unsaturated/α-hetero) is 1. The van der Waals surface area contributed by atoms with E-state index in [0.717, 1.165) is 16.0 Å². The third kappa shape index (κ3) is 3.89. The molecule has 2 aromatic carbocycles. The van der Waals surface area contributed by atoms with Gasteiger partial charge in [0.2, 0.25) is 5.91 Å². The number of hydrogen-bond donors (Lipinski definition) is 2. The number of rotatable bonds is 5. The van der Waals surface area contributed by atoms with Crippen LogP contribution in [0.3, 0.4) is 0 Å². The highest BCUT2D eigenvalue weighted by Crippen LogP contribution is 2.22. The first-order valence-corrected chi connectivity index (χ1v) is 8.60. The number of para-hydroxylation sites is 1. The zero-order valence-electron chi connectivity index (χ0n) is 15.5. The van der Waals surface area contributed by atoms with Crippen LogP contribution in [0.15, 0.2) is 48.5 Å². The zero-order chi connectivity index (χ0) is 19.6. The van der Waals surface area contributed by atoms with Gasteiger partial charge in [0.1, 0.15) is 0 Å². The first kappa shape index (κ1) is 18.4. The number of carbonyl (C=O) groups is 3. The Balaban J connectivity index is 1.70. The molecular formula is C21H21N3O3. The Morgan fingerprint density at radius 1 is 1.00 bits per heavy atom. The third-order valence-electron chi connectivity index (χ3n) is 4.38. The van der Waals surface area contributed by atoms with Crippen molar-refractivity contribution in [3.05, 3.63) is 65.4 Å². The second-order valence-electron chi connectivity index (χ2n) is 6.58. The maximum Gasteiger partial charge on any atom is 0.295 e. The molecule has 2 amide bonds. The van der Waals surface area contributed by atoms with Crippen LogP contribution in [0.2, 0.25) is 0 Å². The highest BCUT2D eigenvalue weighted by atomic mass is 16.2. The van der Waals surface area contributed by atoms with E-state index >= 15 is 0 Å². The van der Waals surface area contributed by atoms with Crippen LogP contribution in [0.4, 0.5) is 5.69 Å². The molecule has 0 fully saturated rings. The van der Waals surface area contributed by atoms with Crippen LogP contribution in [-0.2, 0) is 9.59 Å². The lowest BCUT2D eigenvalue weighted by Crippen LogP contribution is -2.39. The lowest BCUT2D eigenvalue weighted by molar-refractivity contribution is -0.129. The van der Waals surface area contributed by atoms with Gasteiger partial charge in [-0.2, -0.15) is 0 Å². The maximum atomic E-state index is 12.7. The maximum absolute atomic E-state index is 12.7. The van der Waals surface area contributed by atoms with Gasteiger partial charge in [0.15, 0.2) is 0 Å². The van der Waals surface area contributed by atoms with Crippen LogP contribution in [0, 0.1) is 13.8 Å². The van der Waals surface area contributed by atoms with E-state index in [2.05, 4.69) is 10.3 Å². The zero-order valence-corrected chi connectivity index (χ0v) is 15.5. The summed E-state index contributed by atoms with van der Waals surface area (Å²) < 4.78 is 0. The number of amides is 2. The number of carbonyl (C=O) groups excluding carboxylic acids is 3. The minimum Gasteiger partial charge on any atom is -0.358 e. The summed E-state index contributed by atoms with van der Waals surface area (Å²) in [4.78, 5) is 41.7. The number of aromatic nitrogens is 1. The first-order chi connectivity index (χ1) is 12.9. The molecule has 0 unspecified atom stereocenters. The number of nitrogens with one attached hydrogen (secondary N) is 2. The summed E-state index contributed by atoms with van der Waals surface area (Å²) in [6.45, 7) is 3.50. The molecule has 2 N–H and O–H groups in total. The molecule has 1 heterocycles. The van der Waals surface area contributed by atoms with Gasteiger partial charge < -0.3 is 15.2 Å². The molecule has 3 rings (SSSR count). The number of fused-ring (bicyclic) bond motifs is 1. The molecule has 0 aliphatic heterocycles. The molecule has 6 nitrogen and oxygen atoms in total. The van der Waals surface area contributed by atoms with E-state index in [0.29, 0.717) is 22.3 Å². The lowest BCUT2D eigenvalue weighted by atomic mass is 10.1. The van der Waals surface area contributed by atoms with Crippen LogP contribution in [-0.4, -0.2) is 41.1 Å². The average Bonchev–Trinajstić information content (AvgIpc) is 2.98. The molecule has 0 bridgehead atoms. The predicted octanol–water partition coefficient (Wildman–Crippen LogP) is 3.06. The molecule has 0 radical (unpaired) electrons. The van der Waals surface area contributed by atoms with E-state index < -0.39 is 11.7 Å². The van der Waals surface area contributed by atoms with Crippen molar-refractivity contribution < 1.29 is 14.4 Å². The van der Waals surface area contributed by atoms with Crippen molar-refractivity contribution in [1.82, 2.24) is 9.88 Å². The standard InChI is InChI=1S/C21H21N3O3/c1-13-8-10-15(11-9-13)23-18(25)12-24(3)21(27)20(26)19-14(2)22-17-7-5-4-6-16(17)19/h4-11,22H,12H2,1-3H3,(H,23,25). The first-order valence-electron chi connectivity index (χ1n) is 8.60. The van der Waals surface area contributed by atoms with Crippen LogP contribution in [0.1, 0.15) is 21.6 Å². The summed E-state index contributed by atoms with van der Waals surface area (Å²) in [5.41, 5.74) is 3.50. The summed E-state index contributed by atoms with van der Waals surface area (Å²) in [5, 5.41) is 3.42. The van der Waals surface area contributed by atoms with Gasteiger partial charge in [-0.15, -0.1) is 0 Å².